The number of esters is 1. The van der Waals surface area contributed by atoms with E-state index in [4.69, 9.17) is 11.6 Å². The van der Waals surface area contributed by atoms with Gasteiger partial charge in [-0.25, -0.2) is 13.1 Å². The molecule has 7 nitrogen and oxygen atoms in total. The molecule has 1 amide bonds. The molecule has 1 aromatic rings. The van der Waals surface area contributed by atoms with Gasteiger partial charge in [0.2, 0.25) is 15.9 Å². The zero-order valence-electron chi connectivity index (χ0n) is 15.3. The standard InChI is InChI=1S/C18H25ClN2O5S/c1-26-18(23)7-3-2-6-17(22)21-12-4-5-15(13-21)20-27(24,25)16-10-8-14(19)9-11-16/h8-11,15,20H,2-7,12-13H2,1H3. The molecule has 0 radical (unpaired) electrons. The van der Waals surface area contributed by atoms with E-state index in [9.17, 15) is 18.0 Å². The van der Waals surface area contributed by atoms with Gasteiger partial charge in [-0.2, -0.15) is 0 Å². The Morgan fingerprint density at radius 2 is 1.89 bits per heavy atom. The number of rotatable bonds is 8. The lowest BCUT2D eigenvalue weighted by molar-refractivity contribution is -0.141. The SMILES string of the molecule is COC(=O)CCCCC(=O)N1CCCC(NS(=O)(=O)c2ccc(Cl)cc2)C1. The zero-order chi connectivity index (χ0) is 19.9. The number of hydrogen-bond acceptors (Lipinski definition) is 5. The lowest BCUT2D eigenvalue weighted by Crippen LogP contribution is -2.49. The summed E-state index contributed by atoms with van der Waals surface area (Å²) >= 11 is 5.80. The Morgan fingerprint density at radius 1 is 1.22 bits per heavy atom. The van der Waals surface area contributed by atoms with Crippen molar-refractivity contribution in [3.63, 3.8) is 0 Å². The van der Waals surface area contributed by atoms with Gasteiger partial charge < -0.3 is 9.64 Å². The molecule has 27 heavy (non-hydrogen) atoms. The molecule has 0 bridgehead atoms. The first kappa shape index (κ1) is 21.7. The van der Waals surface area contributed by atoms with E-state index in [1.165, 1.54) is 31.4 Å². The number of amides is 1. The van der Waals surface area contributed by atoms with E-state index in [1.54, 1.807) is 4.90 Å². The predicted octanol–water partition coefficient (Wildman–Crippen LogP) is 2.34. The van der Waals surface area contributed by atoms with Crippen LogP contribution in [0.25, 0.3) is 0 Å². The van der Waals surface area contributed by atoms with Crippen LogP contribution in [0.4, 0.5) is 0 Å². The Kier molecular flexibility index (Phi) is 8.07. The molecule has 0 aromatic heterocycles. The minimum atomic E-state index is -3.66. The first-order chi connectivity index (χ1) is 12.8. The van der Waals surface area contributed by atoms with Crippen molar-refractivity contribution in [3.05, 3.63) is 29.3 Å². The molecule has 0 spiro atoms. The number of carbonyl (C=O) groups is 2. The summed E-state index contributed by atoms with van der Waals surface area (Å²) in [6.45, 7) is 0.970. The number of nitrogens with zero attached hydrogens (tertiary/aromatic N) is 1. The molecule has 1 N–H and O–H groups in total. The quantitative estimate of drug-likeness (QED) is 0.518. The molecule has 150 valence electrons. The van der Waals surface area contributed by atoms with Gasteiger partial charge in [-0.15, -0.1) is 0 Å². The lowest BCUT2D eigenvalue weighted by Gasteiger charge is -2.33. The molecule has 1 unspecified atom stereocenters. The van der Waals surface area contributed by atoms with Crippen molar-refractivity contribution in [1.29, 1.82) is 0 Å². The third-order valence-electron chi connectivity index (χ3n) is 4.47. The highest BCUT2D eigenvalue weighted by Gasteiger charge is 2.27. The average Bonchev–Trinajstić information content (AvgIpc) is 2.65. The maximum absolute atomic E-state index is 12.5. The van der Waals surface area contributed by atoms with Crippen molar-refractivity contribution in [2.24, 2.45) is 0 Å². The summed E-state index contributed by atoms with van der Waals surface area (Å²) in [4.78, 5) is 25.3. The molecule has 2 rings (SSSR count). The Labute approximate surface area is 165 Å². The monoisotopic (exact) mass is 416 g/mol. The summed E-state index contributed by atoms with van der Waals surface area (Å²) in [6.07, 6.45) is 3.26. The zero-order valence-corrected chi connectivity index (χ0v) is 16.9. The van der Waals surface area contributed by atoms with Crippen LogP contribution < -0.4 is 4.72 Å². The number of unbranched alkanes of at least 4 members (excludes halogenated alkanes) is 1. The molecular weight excluding hydrogens is 392 g/mol. The van der Waals surface area contributed by atoms with Gasteiger partial charge >= 0.3 is 5.97 Å². The summed E-state index contributed by atoms with van der Waals surface area (Å²) < 4.78 is 32.2. The predicted molar refractivity (Wildman–Crippen MR) is 102 cm³/mol. The van der Waals surface area contributed by atoms with Gasteiger partial charge in [-0.3, -0.25) is 9.59 Å². The van der Waals surface area contributed by atoms with Gasteiger partial charge in [0, 0.05) is 37.0 Å². The number of nitrogens with one attached hydrogen (secondary N) is 1. The van der Waals surface area contributed by atoms with Crippen LogP contribution in [-0.4, -0.2) is 51.4 Å². The maximum Gasteiger partial charge on any atom is 0.305 e. The van der Waals surface area contributed by atoms with Gasteiger partial charge in [-0.1, -0.05) is 11.6 Å². The Morgan fingerprint density at radius 3 is 2.56 bits per heavy atom. The summed E-state index contributed by atoms with van der Waals surface area (Å²) in [5.41, 5.74) is 0. The van der Waals surface area contributed by atoms with E-state index in [1.807, 2.05) is 0 Å². The first-order valence-electron chi connectivity index (χ1n) is 8.94. The van der Waals surface area contributed by atoms with Crippen molar-refractivity contribution in [2.75, 3.05) is 20.2 Å². The Bertz CT molecular complexity index is 752. The number of piperidine rings is 1. The number of carbonyl (C=O) groups excluding carboxylic acids is 2. The number of methoxy groups -OCH3 is 1. The number of halogens is 1. The van der Waals surface area contributed by atoms with Crippen molar-refractivity contribution >= 4 is 33.5 Å². The van der Waals surface area contributed by atoms with Crippen LogP contribution in [-0.2, 0) is 24.3 Å². The van der Waals surface area contributed by atoms with Crippen molar-refractivity contribution in [2.45, 2.75) is 49.5 Å². The molecule has 1 aliphatic rings. The second-order valence-electron chi connectivity index (χ2n) is 6.54. The summed E-state index contributed by atoms with van der Waals surface area (Å²) in [7, 11) is -2.32. The van der Waals surface area contributed by atoms with Crippen LogP contribution in [0.2, 0.25) is 5.02 Å². The smallest absolute Gasteiger partial charge is 0.305 e. The topological polar surface area (TPSA) is 92.8 Å². The second kappa shape index (κ2) is 10.1. The van der Waals surface area contributed by atoms with Crippen LogP contribution >= 0.6 is 11.6 Å². The van der Waals surface area contributed by atoms with E-state index in [0.29, 0.717) is 50.2 Å². The van der Waals surface area contributed by atoms with Crippen molar-refractivity contribution < 1.29 is 22.7 Å². The molecule has 1 atom stereocenters. The fourth-order valence-corrected chi connectivity index (χ4v) is 4.39. The van der Waals surface area contributed by atoms with E-state index < -0.39 is 10.0 Å². The number of hydrogen-bond donors (Lipinski definition) is 1. The molecule has 0 aliphatic carbocycles. The third-order valence-corrected chi connectivity index (χ3v) is 6.26. The third kappa shape index (κ3) is 6.79. The van der Waals surface area contributed by atoms with E-state index in [-0.39, 0.29) is 22.8 Å². The molecule has 1 aromatic carbocycles. The molecule has 1 fully saturated rings. The largest absolute Gasteiger partial charge is 0.469 e. The molecule has 1 heterocycles. The number of likely N-dealkylation sites (tertiary alicyclic amines) is 1. The number of sulfonamides is 1. The first-order valence-corrected chi connectivity index (χ1v) is 10.8. The minimum absolute atomic E-state index is 0.0183. The normalized spacial score (nSPS) is 17.6. The molecule has 0 saturated carbocycles. The second-order valence-corrected chi connectivity index (χ2v) is 8.69. The summed E-state index contributed by atoms with van der Waals surface area (Å²) in [5.74, 6) is -0.299. The highest BCUT2D eigenvalue weighted by molar-refractivity contribution is 7.89. The van der Waals surface area contributed by atoms with Gasteiger partial charge in [0.05, 0.1) is 12.0 Å². The Balaban J connectivity index is 1.85. The fraction of sp³-hybridized carbons (Fsp3) is 0.556. The van der Waals surface area contributed by atoms with E-state index >= 15 is 0 Å². The lowest BCUT2D eigenvalue weighted by atomic mass is 10.1. The van der Waals surface area contributed by atoms with Crippen molar-refractivity contribution in [1.82, 2.24) is 9.62 Å². The number of ether oxygens (including phenoxy) is 1. The van der Waals surface area contributed by atoms with Crippen LogP contribution in [0, 0.1) is 0 Å². The fourth-order valence-electron chi connectivity index (χ4n) is 3.01. The highest BCUT2D eigenvalue weighted by atomic mass is 35.5. The minimum Gasteiger partial charge on any atom is -0.469 e. The van der Waals surface area contributed by atoms with Crippen LogP contribution in [0.5, 0.6) is 0 Å². The van der Waals surface area contributed by atoms with Crippen molar-refractivity contribution in [3.8, 4) is 0 Å². The van der Waals surface area contributed by atoms with Crippen LogP contribution in [0.1, 0.15) is 38.5 Å². The molecule has 9 heteroatoms. The maximum atomic E-state index is 12.5. The average molecular weight is 417 g/mol. The summed E-state index contributed by atoms with van der Waals surface area (Å²) in [6, 6.07) is 5.65. The van der Waals surface area contributed by atoms with Gasteiger partial charge in [-0.05, 0) is 49.9 Å². The molecule has 1 aliphatic heterocycles. The number of benzene rings is 1. The van der Waals surface area contributed by atoms with Gasteiger partial charge in [0.1, 0.15) is 0 Å². The van der Waals surface area contributed by atoms with Gasteiger partial charge in [0.15, 0.2) is 0 Å². The highest BCUT2D eigenvalue weighted by Crippen LogP contribution is 2.18. The van der Waals surface area contributed by atoms with Gasteiger partial charge in [0.25, 0.3) is 0 Å². The Hall–Kier alpha value is -1.64. The molecule has 1 saturated heterocycles. The molecular formula is C18H25ClN2O5S. The van der Waals surface area contributed by atoms with E-state index in [0.717, 1.165) is 6.42 Å². The van der Waals surface area contributed by atoms with E-state index in [2.05, 4.69) is 9.46 Å². The van der Waals surface area contributed by atoms with Crippen LogP contribution in [0.3, 0.4) is 0 Å². The van der Waals surface area contributed by atoms with Crippen LogP contribution in [0.15, 0.2) is 29.2 Å². The summed E-state index contributed by atoms with van der Waals surface area (Å²) in [5, 5.41) is 0.468.